The van der Waals surface area contributed by atoms with Gasteiger partial charge in [0, 0.05) is 18.6 Å². The van der Waals surface area contributed by atoms with E-state index in [-0.39, 0.29) is 10.9 Å². The molecule has 2 aromatic heterocycles. The van der Waals surface area contributed by atoms with Crippen molar-refractivity contribution in [3.63, 3.8) is 0 Å². The Kier molecular flexibility index (Phi) is 5.16. The molecule has 0 saturated heterocycles. The van der Waals surface area contributed by atoms with Gasteiger partial charge in [-0.1, -0.05) is 6.07 Å². The van der Waals surface area contributed by atoms with Crippen LogP contribution in [0.25, 0.3) is 0 Å². The molecule has 122 valence electrons. The van der Waals surface area contributed by atoms with Gasteiger partial charge in [0.25, 0.3) is 0 Å². The maximum absolute atomic E-state index is 12.5. The summed E-state index contributed by atoms with van der Waals surface area (Å²) in [5.41, 5.74) is 0.256. The Morgan fingerprint density at radius 1 is 1.26 bits per heavy atom. The molecular weight excluding hydrogens is 312 g/mol. The summed E-state index contributed by atoms with van der Waals surface area (Å²) in [6.45, 7) is 3.97. The Labute approximate surface area is 136 Å². The SMILES string of the molecule is CC(C)(C#N)CCCS(=O)(=O)c1nccn1Cc1ccccn1. The van der Waals surface area contributed by atoms with E-state index in [2.05, 4.69) is 16.0 Å². The Morgan fingerprint density at radius 3 is 2.70 bits per heavy atom. The van der Waals surface area contributed by atoms with Gasteiger partial charge in [-0.25, -0.2) is 13.4 Å². The van der Waals surface area contributed by atoms with Crippen LogP contribution in [0.2, 0.25) is 0 Å². The van der Waals surface area contributed by atoms with Gasteiger partial charge in [-0.05, 0) is 38.8 Å². The summed E-state index contributed by atoms with van der Waals surface area (Å²) < 4.78 is 26.6. The van der Waals surface area contributed by atoms with Gasteiger partial charge >= 0.3 is 0 Å². The molecule has 0 atom stereocenters. The van der Waals surface area contributed by atoms with E-state index >= 15 is 0 Å². The minimum atomic E-state index is -3.48. The van der Waals surface area contributed by atoms with Crippen molar-refractivity contribution in [1.29, 1.82) is 5.26 Å². The number of aromatic nitrogens is 3. The van der Waals surface area contributed by atoms with Crippen molar-refractivity contribution in [2.45, 2.75) is 38.4 Å². The van der Waals surface area contributed by atoms with E-state index in [4.69, 9.17) is 5.26 Å². The van der Waals surface area contributed by atoms with Gasteiger partial charge in [-0.2, -0.15) is 5.26 Å². The smallest absolute Gasteiger partial charge is 0.227 e. The van der Waals surface area contributed by atoms with Crippen LogP contribution < -0.4 is 0 Å². The molecule has 0 unspecified atom stereocenters. The van der Waals surface area contributed by atoms with Crippen LogP contribution >= 0.6 is 0 Å². The minimum absolute atomic E-state index is 0.0165. The zero-order valence-electron chi connectivity index (χ0n) is 13.3. The molecule has 0 spiro atoms. The number of nitriles is 1. The lowest BCUT2D eigenvalue weighted by molar-refractivity contribution is 0.444. The number of imidazole rings is 1. The predicted molar refractivity (Wildman–Crippen MR) is 86.2 cm³/mol. The summed E-state index contributed by atoms with van der Waals surface area (Å²) in [5, 5.41) is 9.05. The van der Waals surface area contributed by atoms with E-state index in [1.54, 1.807) is 17.0 Å². The highest BCUT2D eigenvalue weighted by molar-refractivity contribution is 7.91. The highest BCUT2D eigenvalue weighted by atomic mass is 32.2. The highest BCUT2D eigenvalue weighted by Crippen LogP contribution is 2.22. The summed E-state index contributed by atoms with van der Waals surface area (Å²) in [6.07, 6.45) is 5.75. The van der Waals surface area contributed by atoms with Gasteiger partial charge in [-0.15, -0.1) is 0 Å². The molecule has 0 aliphatic carbocycles. The van der Waals surface area contributed by atoms with Crippen LogP contribution in [0.1, 0.15) is 32.4 Å². The first-order valence-electron chi connectivity index (χ1n) is 7.39. The van der Waals surface area contributed by atoms with E-state index in [1.807, 2.05) is 32.0 Å². The number of hydrogen-bond acceptors (Lipinski definition) is 5. The first-order chi connectivity index (χ1) is 10.8. The molecule has 0 aliphatic heterocycles. The second kappa shape index (κ2) is 6.92. The van der Waals surface area contributed by atoms with Crippen LogP contribution in [0.15, 0.2) is 41.9 Å². The van der Waals surface area contributed by atoms with E-state index < -0.39 is 15.3 Å². The van der Waals surface area contributed by atoms with Gasteiger partial charge in [0.05, 0.1) is 29.5 Å². The van der Waals surface area contributed by atoms with Crippen LogP contribution in [-0.2, 0) is 16.4 Å². The number of nitrogens with zero attached hydrogens (tertiary/aromatic N) is 4. The zero-order chi connectivity index (χ0) is 16.9. The third-order valence-corrected chi connectivity index (χ3v) is 5.25. The molecule has 2 rings (SSSR count). The molecule has 0 aliphatic rings. The van der Waals surface area contributed by atoms with Crippen molar-refractivity contribution in [1.82, 2.24) is 14.5 Å². The molecule has 0 amide bonds. The minimum Gasteiger partial charge on any atom is -0.316 e. The molecule has 0 aromatic carbocycles. The van der Waals surface area contributed by atoms with Gasteiger partial charge < -0.3 is 4.57 Å². The fraction of sp³-hybridized carbons (Fsp3) is 0.438. The second-order valence-electron chi connectivity index (χ2n) is 6.08. The molecule has 23 heavy (non-hydrogen) atoms. The third-order valence-electron chi connectivity index (χ3n) is 3.53. The lowest BCUT2D eigenvalue weighted by Crippen LogP contribution is -2.17. The molecular formula is C16H20N4O2S. The van der Waals surface area contributed by atoms with Gasteiger partial charge in [0.15, 0.2) is 0 Å². The highest BCUT2D eigenvalue weighted by Gasteiger charge is 2.23. The molecule has 0 radical (unpaired) electrons. The van der Waals surface area contributed by atoms with Gasteiger partial charge in [-0.3, -0.25) is 4.98 Å². The first-order valence-corrected chi connectivity index (χ1v) is 9.04. The standard InChI is InChI=1S/C16H20N4O2S/c1-16(2,13-17)7-5-11-23(21,22)15-19-9-10-20(15)12-14-6-3-4-8-18-14/h3-4,6,8-10H,5,7,11-12H2,1-2H3. The Balaban J connectivity index is 2.09. The van der Waals surface area contributed by atoms with E-state index in [0.29, 0.717) is 19.4 Å². The molecule has 0 N–H and O–H groups in total. The normalized spacial score (nSPS) is 12.0. The van der Waals surface area contributed by atoms with Crippen LogP contribution in [0, 0.1) is 16.7 Å². The van der Waals surface area contributed by atoms with Crippen molar-refractivity contribution in [3.05, 3.63) is 42.5 Å². The summed E-state index contributed by atoms with van der Waals surface area (Å²) in [7, 11) is -3.48. The molecule has 0 bridgehead atoms. The largest absolute Gasteiger partial charge is 0.316 e. The first kappa shape index (κ1) is 17.2. The number of hydrogen-bond donors (Lipinski definition) is 0. The van der Waals surface area contributed by atoms with Crippen LogP contribution in [-0.4, -0.2) is 28.7 Å². The predicted octanol–water partition coefficient (Wildman–Crippen LogP) is 2.43. The fourth-order valence-corrected chi connectivity index (χ4v) is 3.62. The van der Waals surface area contributed by atoms with E-state index in [0.717, 1.165) is 5.69 Å². The maximum Gasteiger partial charge on any atom is 0.227 e. The molecule has 0 saturated carbocycles. The van der Waals surface area contributed by atoms with Crippen molar-refractivity contribution >= 4 is 9.84 Å². The Bertz CT molecular complexity index is 789. The average molecular weight is 332 g/mol. The second-order valence-corrected chi connectivity index (χ2v) is 8.08. The lowest BCUT2D eigenvalue weighted by Gasteiger charge is -2.14. The third kappa shape index (κ3) is 4.63. The summed E-state index contributed by atoms with van der Waals surface area (Å²) >= 11 is 0. The van der Waals surface area contributed by atoms with E-state index in [9.17, 15) is 8.42 Å². The van der Waals surface area contributed by atoms with Crippen molar-refractivity contribution in [3.8, 4) is 6.07 Å². The zero-order valence-corrected chi connectivity index (χ0v) is 14.1. The number of rotatable bonds is 7. The molecule has 2 heterocycles. The van der Waals surface area contributed by atoms with Crippen molar-refractivity contribution in [2.75, 3.05) is 5.75 Å². The van der Waals surface area contributed by atoms with Crippen LogP contribution in [0.5, 0.6) is 0 Å². The number of pyridine rings is 1. The van der Waals surface area contributed by atoms with Crippen molar-refractivity contribution < 1.29 is 8.42 Å². The molecule has 0 fully saturated rings. The summed E-state index contributed by atoms with van der Waals surface area (Å²) in [5.74, 6) is -0.0165. The molecule has 2 aromatic rings. The summed E-state index contributed by atoms with van der Waals surface area (Å²) in [4.78, 5) is 8.20. The Hall–Kier alpha value is -2.20. The van der Waals surface area contributed by atoms with Crippen molar-refractivity contribution in [2.24, 2.45) is 5.41 Å². The van der Waals surface area contributed by atoms with E-state index in [1.165, 1.54) is 6.20 Å². The quantitative estimate of drug-likeness (QED) is 0.777. The van der Waals surface area contributed by atoms with Gasteiger partial charge in [0.1, 0.15) is 0 Å². The number of sulfone groups is 1. The average Bonchev–Trinajstić information content (AvgIpc) is 2.97. The van der Waals surface area contributed by atoms with Crippen LogP contribution in [0.4, 0.5) is 0 Å². The maximum atomic E-state index is 12.5. The molecule has 7 heteroatoms. The Morgan fingerprint density at radius 2 is 2.04 bits per heavy atom. The lowest BCUT2D eigenvalue weighted by atomic mass is 9.90. The fourth-order valence-electron chi connectivity index (χ4n) is 2.21. The van der Waals surface area contributed by atoms with Crippen LogP contribution in [0.3, 0.4) is 0 Å². The summed E-state index contributed by atoms with van der Waals surface area (Å²) in [6, 6.07) is 7.69. The van der Waals surface area contributed by atoms with Gasteiger partial charge in [0.2, 0.25) is 15.0 Å². The molecule has 6 nitrogen and oxygen atoms in total. The topological polar surface area (TPSA) is 88.6 Å². The monoisotopic (exact) mass is 332 g/mol.